The van der Waals surface area contributed by atoms with E-state index in [-0.39, 0.29) is 12.6 Å². The van der Waals surface area contributed by atoms with Crippen molar-refractivity contribution < 1.29 is 9.90 Å². The number of amides is 2. The minimum atomic E-state index is -0.540. The van der Waals surface area contributed by atoms with Crippen molar-refractivity contribution in [3.8, 4) is 0 Å². The molecule has 0 radical (unpaired) electrons. The van der Waals surface area contributed by atoms with E-state index in [1.54, 1.807) is 0 Å². The first-order valence-electron chi connectivity index (χ1n) is 7.21. The Morgan fingerprint density at radius 2 is 2.15 bits per heavy atom. The Labute approximate surface area is 121 Å². The molecule has 1 aromatic rings. The van der Waals surface area contributed by atoms with E-state index in [9.17, 15) is 9.90 Å². The van der Waals surface area contributed by atoms with Crippen LogP contribution in [0.5, 0.6) is 0 Å². The molecule has 0 aliphatic rings. The van der Waals surface area contributed by atoms with Gasteiger partial charge in [-0.2, -0.15) is 0 Å². The SMILES string of the molecule is CCCC(C)(CO)NC(=O)NCCc1cccc(C)c1. The summed E-state index contributed by atoms with van der Waals surface area (Å²) in [6.07, 6.45) is 2.48. The van der Waals surface area contributed by atoms with Crippen LogP contribution in [-0.2, 0) is 6.42 Å². The number of urea groups is 1. The Hall–Kier alpha value is -1.55. The second-order valence-electron chi connectivity index (χ2n) is 5.59. The van der Waals surface area contributed by atoms with Gasteiger partial charge in [-0.15, -0.1) is 0 Å². The lowest BCUT2D eigenvalue weighted by atomic mass is 9.98. The van der Waals surface area contributed by atoms with Crippen LogP contribution in [0.1, 0.15) is 37.8 Å². The zero-order valence-corrected chi connectivity index (χ0v) is 12.7. The van der Waals surface area contributed by atoms with Crippen LogP contribution in [0.4, 0.5) is 4.79 Å². The lowest BCUT2D eigenvalue weighted by Crippen LogP contribution is -2.52. The molecule has 4 heteroatoms. The molecule has 0 aromatic heterocycles. The maximum absolute atomic E-state index is 11.8. The van der Waals surface area contributed by atoms with Crippen molar-refractivity contribution in [2.45, 2.75) is 45.6 Å². The molecule has 1 aromatic carbocycles. The van der Waals surface area contributed by atoms with Crippen LogP contribution < -0.4 is 10.6 Å². The van der Waals surface area contributed by atoms with Gasteiger partial charge in [0, 0.05) is 6.54 Å². The van der Waals surface area contributed by atoms with Crippen molar-refractivity contribution in [2.75, 3.05) is 13.2 Å². The fourth-order valence-corrected chi connectivity index (χ4v) is 2.24. The summed E-state index contributed by atoms with van der Waals surface area (Å²) in [5.74, 6) is 0. The van der Waals surface area contributed by atoms with Crippen LogP contribution >= 0.6 is 0 Å². The van der Waals surface area contributed by atoms with Crippen LogP contribution in [0.15, 0.2) is 24.3 Å². The zero-order chi connectivity index (χ0) is 15.0. The first-order valence-corrected chi connectivity index (χ1v) is 7.21. The average molecular weight is 278 g/mol. The molecule has 1 rings (SSSR count). The normalized spacial score (nSPS) is 13.6. The maximum Gasteiger partial charge on any atom is 0.315 e. The van der Waals surface area contributed by atoms with Crippen molar-refractivity contribution in [2.24, 2.45) is 0 Å². The van der Waals surface area contributed by atoms with E-state index in [0.717, 1.165) is 19.3 Å². The van der Waals surface area contributed by atoms with Crippen molar-refractivity contribution in [3.63, 3.8) is 0 Å². The fraction of sp³-hybridized carbons (Fsp3) is 0.562. The standard InChI is InChI=1S/C16H26N2O2/c1-4-9-16(3,12-19)18-15(20)17-10-8-14-7-5-6-13(2)11-14/h5-7,11,19H,4,8-10,12H2,1-3H3,(H2,17,18,20). The van der Waals surface area contributed by atoms with E-state index in [1.165, 1.54) is 11.1 Å². The molecule has 0 fully saturated rings. The summed E-state index contributed by atoms with van der Waals surface area (Å²) in [4.78, 5) is 11.8. The number of aliphatic hydroxyl groups is 1. The van der Waals surface area contributed by atoms with Gasteiger partial charge in [0.15, 0.2) is 0 Å². The van der Waals surface area contributed by atoms with Gasteiger partial charge in [0.05, 0.1) is 12.1 Å². The number of aryl methyl sites for hydroxylation is 1. The zero-order valence-electron chi connectivity index (χ0n) is 12.7. The van der Waals surface area contributed by atoms with Gasteiger partial charge in [0.1, 0.15) is 0 Å². The minimum absolute atomic E-state index is 0.0495. The number of benzene rings is 1. The number of carbonyl (C=O) groups is 1. The van der Waals surface area contributed by atoms with E-state index in [4.69, 9.17) is 0 Å². The highest BCUT2D eigenvalue weighted by Gasteiger charge is 2.24. The third kappa shape index (κ3) is 5.61. The van der Waals surface area contributed by atoms with E-state index >= 15 is 0 Å². The molecule has 1 unspecified atom stereocenters. The number of hydrogen-bond donors (Lipinski definition) is 3. The summed E-state index contributed by atoms with van der Waals surface area (Å²) in [5.41, 5.74) is 1.90. The number of nitrogens with one attached hydrogen (secondary N) is 2. The quantitative estimate of drug-likeness (QED) is 0.717. The average Bonchev–Trinajstić information content (AvgIpc) is 2.39. The van der Waals surface area contributed by atoms with Crippen LogP contribution in [-0.4, -0.2) is 29.8 Å². The Morgan fingerprint density at radius 3 is 2.75 bits per heavy atom. The van der Waals surface area contributed by atoms with Crippen LogP contribution in [0, 0.1) is 6.92 Å². The summed E-state index contributed by atoms with van der Waals surface area (Å²) in [5, 5.41) is 15.0. The summed E-state index contributed by atoms with van der Waals surface area (Å²) >= 11 is 0. The molecule has 4 nitrogen and oxygen atoms in total. The van der Waals surface area contributed by atoms with Gasteiger partial charge in [-0.05, 0) is 32.3 Å². The molecule has 0 saturated heterocycles. The molecule has 0 bridgehead atoms. The highest BCUT2D eigenvalue weighted by atomic mass is 16.3. The Kier molecular flexibility index (Phi) is 6.52. The Balaban J connectivity index is 2.36. The summed E-state index contributed by atoms with van der Waals surface area (Å²) in [6, 6.07) is 8.04. The lowest BCUT2D eigenvalue weighted by Gasteiger charge is -2.28. The van der Waals surface area contributed by atoms with E-state index in [0.29, 0.717) is 6.54 Å². The predicted octanol–water partition coefficient (Wildman–Crippen LogP) is 2.39. The molecule has 1 atom stereocenters. The smallest absolute Gasteiger partial charge is 0.315 e. The fourth-order valence-electron chi connectivity index (χ4n) is 2.24. The molecule has 0 aliphatic carbocycles. The molecule has 0 saturated carbocycles. The summed E-state index contributed by atoms with van der Waals surface area (Å²) in [7, 11) is 0. The molecule has 20 heavy (non-hydrogen) atoms. The largest absolute Gasteiger partial charge is 0.394 e. The van der Waals surface area contributed by atoms with Crippen molar-refractivity contribution in [1.29, 1.82) is 0 Å². The predicted molar refractivity (Wildman–Crippen MR) is 81.8 cm³/mol. The topological polar surface area (TPSA) is 61.4 Å². The highest BCUT2D eigenvalue weighted by Crippen LogP contribution is 2.10. The molecular formula is C16H26N2O2. The first kappa shape index (κ1) is 16.5. The van der Waals surface area contributed by atoms with Crippen LogP contribution in [0.25, 0.3) is 0 Å². The third-order valence-electron chi connectivity index (χ3n) is 3.35. The van der Waals surface area contributed by atoms with E-state index < -0.39 is 5.54 Å². The van der Waals surface area contributed by atoms with Gasteiger partial charge in [-0.3, -0.25) is 0 Å². The van der Waals surface area contributed by atoms with E-state index in [2.05, 4.69) is 35.8 Å². The number of carbonyl (C=O) groups excluding carboxylic acids is 1. The minimum Gasteiger partial charge on any atom is -0.394 e. The first-order chi connectivity index (χ1) is 9.49. The van der Waals surface area contributed by atoms with Gasteiger partial charge < -0.3 is 15.7 Å². The van der Waals surface area contributed by atoms with Crippen molar-refractivity contribution in [3.05, 3.63) is 35.4 Å². The number of hydrogen-bond acceptors (Lipinski definition) is 2. The van der Waals surface area contributed by atoms with Crippen molar-refractivity contribution in [1.82, 2.24) is 10.6 Å². The maximum atomic E-state index is 11.8. The van der Waals surface area contributed by atoms with Gasteiger partial charge >= 0.3 is 6.03 Å². The van der Waals surface area contributed by atoms with Crippen molar-refractivity contribution >= 4 is 6.03 Å². The Bertz CT molecular complexity index is 434. The molecule has 3 N–H and O–H groups in total. The molecule has 0 aliphatic heterocycles. The van der Waals surface area contributed by atoms with Gasteiger partial charge in [0.2, 0.25) is 0 Å². The van der Waals surface area contributed by atoms with Gasteiger partial charge in [-0.25, -0.2) is 4.79 Å². The lowest BCUT2D eigenvalue weighted by molar-refractivity contribution is 0.163. The molecule has 0 heterocycles. The molecule has 2 amide bonds. The Morgan fingerprint density at radius 1 is 1.40 bits per heavy atom. The van der Waals surface area contributed by atoms with Gasteiger partial charge in [0.25, 0.3) is 0 Å². The summed E-state index contributed by atoms with van der Waals surface area (Å²) < 4.78 is 0. The van der Waals surface area contributed by atoms with Crippen LogP contribution in [0.3, 0.4) is 0 Å². The highest BCUT2D eigenvalue weighted by molar-refractivity contribution is 5.74. The monoisotopic (exact) mass is 278 g/mol. The number of aliphatic hydroxyl groups excluding tert-OH is 1. The third-order valence-corrected chi connectivity index (χ3v) is 3.35. The molecule has 112 valence electrons. The van der Waals surface area contributed by atoms with Crippen LogP contribution in [0.2, 0.25) is 0 Å². The molecular weight excluding hydrogens is 252 g/mol. The van der Waals surface area contributed by atoms with E-state index in [1.807, 2.05) is 19.9 Å². The summed E-state index contributed by atoms with van der Waals surface area (Å²) in [6.45, 7) is 6.48. The molecule has 0 spiro atoms. The second-order valence-corrected chi connectivity index (χ2v) is 5.59. The number of rotatable bonds is 7. The second kappa shape index (κ2) is 7.90. The van der Waals surface area contributed by atoms with Gasteiger partial charge in [-0.1, -0.05) is 43.2 Å².